The highest BCUT2D eigenvalue weighted by atomic mass is 19.1. The molecule has 1 amide bonds. The molecule has 0 aliphatic heterocycles. The van der Waals surface area contributed by atoms with Gasteiger partial charge in [-0.2, -0.15) is 0 Å². The third kappa shape index (κ3) is 4.42. The minimum Gasteiger partial charge on any atom is -0.350 e. The number of carbonyl (C=O) groups is 1. The lowest BCUT2D eigenvalue weighted by molar-refractivity contribution is 0.0943. The Bertz CT molecular complexity index is 910. The lowest BCUT2D eigenvalue weighted by atomic mass is 10.1. The molecule has 2 aromatic carbocycles. The average Bonchev–Trinajstić information content (AvgIpc) is 2.62. The van der Waals surface area contributed by atoms with Crippen molar-refractivity contribution in [1.29, 1.82) is 0 Å². The minimum absolute atomic E-state index is 0.0698. The second-order valence-corrected chi connectivity index (χ2v) is 6.15. The van der Waals surface area contributed by atoms with Crippen LogP contribution in [0.25, 0.3) is 11.3 Å². The van der Waals surface area contributed by atoms with Gasteiger partial charge in [0.15, 0.2) is 5.82 Å². The molecule has 2 N–H and O–H groups in total. The van der Waals surface area contributed by atoms with Crippen molar-refractivity contribution >= 4 is 17.4 Å². The number of anilines is 2. The summed E-state index contributed by atoms with van der Waals surface area (Å²) in [5.41, 5.74) is 2.54. The van der Waals surface area contributed by atoms with Gasteiger partial charge in [0, 0.05) is 22.9 Å². The van der Waals surface area contributed by atoms with E-state index in [4.69, 9.17) is 0 Å². The Hall–Kier alpha value is -3.28. The Labute approximate surface area is 151 Å². The molecule has 5 nitrogen and oxygen atoms in total. The summed E-state index contributed by atoms with van der Waals surface area (Å²) in [5.74, 6) is 0.0887. The van der Waals surface area contributed by atoms with Crippen molar-refractivity contribution in [3.8, 4) is 11.3 Å². The number of benzene rings is 2. The van der Waals surface area contributed by atoms with Crippen molar-refractivity contribution in [3.63, 3.8) is 0 Å². The van der Waals surface area contributed by atoms with Crippen molar-refractivity contribution in [2.75, 3.05) is 5.32 Å². The lowest BCUT2D eigenvalue weighted by Gasteiger charge is -2.10. The van der Waals surface area contributed by atoms with Crippen molar-refractivity contribution < 1.29 is 9.18 Å². The highest BCUT2D eigenvalue weighted by Crippen LogP contribution is 2.20. The molecule has 1 aromatic heterocycles. The number of hydrogen-bond donors (Lipinski definition) is 2. The van der Waals surface area contributed by atoms with E-state index in [0.29, 0.717) is 22.6 Å². The zero-order valence-corrected chi connectivity index (χ0v) is 14.5. The van der Waals surface area contributed by atoms with Gasteiger partial charge in [-0.1, -0.05) is 18.2 Å². The van der Waals surface area contributed by atoms with Crippen molar-refractivity contribution in [3.05, 3.63) is 72.0 Å². The molecule has 0 spiro atoms. The average molecular weight is 350 g/mol. The van der Waals surface area contributed by atoms with Crippen LogP contribution in [0.5, 0.6) is 0 Å². The summed E-state index contributed by atoms with van der Waals surface area (Å²) in [6.07, 6.45) is 0. The Morgan fingerprint density at radius 1 is 1.00 bits per heavy atom. The van der Waals surface area contributed by atoms with Crippen LogP contribution in [0.3, 0.4) is 0 Å². The second-order valence-electron chi connectivity index (χ2n) is 6.15. The van der Waals surface area contributed by atoms with E-state index >= 15 is 0 Å². The van der Waals surface area contributed by atoms with Gasteiger partial charge in [0.2, 0.25) is 0 Å². The van der Waals surface area contributed by atoms with Gasteiger partial charge in [-0.25, -0.2) is 4.39 Å². The molecule has 0 aliphatic rings. The van der Waals surface area contributed by atoms with Gasteiger partial charge in [-0.15, -0.1) is 10.2 Å². The van der Waals surface area contributed by atoms with E-state index in [1.54, 1.807) is 42.5 Å². The summed E-state index contributed by atoms with van der Waals surface area (Å²) >= 11 is 0. The molecule has 0 saturated heterocycles. The monoisotopic (exact) mass is 350 g/mol. The van der Waals surface area contributed by atoms with E-state index in [1.807, 2.05) is 19.9 Å². The van der Waals surface area contributed by atoms with Crippen LogP contribution in [-0.4, -0.2) is 22.1 Å². The molecule has 0 atom stereocenters. The fourth-order valence-corrected chi connectivity index (χ4v) is 2.43. The zero-order chi connectivity index (χ0) is 18.5. The summed E-state index contributed by atoms with van der Waals surface area (Å²) in [4.78, 5) is 12.1. The van der Waals surface area contributed by atoms with Crippen LogP contribution in [0.1, 0.15) is 24.2 Å². The summed E-state index contributed by atoms with van der Waals surface area (Å²) in [7, 11) is 0. The number of carbonyl (C=O) groups excluding carboxylic acids is 1. The third-order valence-corrected chi connectivity index (χ3v) is 3.60. The Balaban J connectivity index is 1.74. The van der Waals surface area contributed by atoms with Crippen LogP contribution in [0, 0.1) is 5.82 Å². The number of rotatable bonds is 5. The predicted octanol–water partition coefficient (Wildman–Crippen LogP) is 4.16. The molecule has 0 unspecified atom stereocenters. The van der Waals surface area contributed by atoms with E-state index in [1.165, 1.54) is 12.1 Å². The van der Waals surface area contributed by atoms with Crippen molar-refractivity contribution in [2.45, 2.75) is 19.9 Å². The van der Waals surface area contributed by atoms with E-state index in [2.05, 4.69) is 20.8 Å². The molecular formula is C20H19FN4O. The lowest BCUT2D eigenvalue weighted by Crippen LogP contribution is -2.30. The normalized spacial score (nSPS) is 10.6. The summed E-state index contributed by atoms with van der Waals surface area (Å²) in [5, 5.41) is 14.2. The quantitative estimate of drug-likeness (QED) is 0.725. The molecule has 26 heavy (non-hydrogen) atoms. The first kappa shape index (κ1) is 17.5. The molecule has 3 aromatic rings. The van der Waals surface area contributed by atoms with Gasteiger partial charge in [0.05, 0.1) is 5.69 Å². The van der Waals surface area contributed by atoms with Gasteiger partial charge in [0.25, 0.3) is 5.91 Å². The number of nitrogens with one attached hydrogen (secondary N) is 2. The van der Waals surface area contributed by atoms with Crippen LogP contribution >= 0.6 is 0 Å². The molecule has 3 rings (SSSR count). The SMILES string of the molecule is CC(C)NC(=O)c1cccc(Nc2ccc(-c3cccc(F)c3)nn2)c1. The van der Waals surface area contributed by atoms with E-state index in [-0.39, 0.29) is 17.8 Å². The first-order valence-electron chi connectivity index (χ1n) is 8.29. The smallest absolute Gasteiger partial charge is 0.251 e. The first-order chi connectivity index (χ1) is 12.5. The number of aromatic nitrogens is 2. The zero-order valence-electron chi connectivity index (χ0n) is 14.5. The second kappa shape index (κ2) is 7.74. The largest absolute Gasteiger partial charge is 0.350 e. The summed E-state index contributed by atoms with van der Waals surface area (Å²) < 4.78 is 13.3. The van der Waals surface area contributed by atoms with Crippen molar-refractivity contribution in [2.24, 2.45) is 0 Å². The molecule has 0 fully saturated rings. The predicted molar refractivity (Wildman–Crippen MR) is 99.8 cm³/mol. The van der Waals surface area contributed by atoms with Crippen LogP contribution < -0.4 is 10.6 Å². The fourth-order valence-electron chi connectivity index (χ4n) is 2.43. The van der Waals surface area contributed by atoms with Crippen LogP contribution in [-0.2, 0) is 0 Å². The molecular weight excluding hydrogens is 331 g/mol. The highest BCUT2D eigenvalue weighted by molar-refractivity contribution is 5.95. The molecule has 0 radical (unpaired) electrons. The maximum absolute atomic E-state index is 13.3. The van der Waals surface area contributed by atoms with Crippen molar-refractivity contribution in [1.82, 2.24) is 15.5 Å². The molecule has 1 heterocycles. The van der Waals surface area contributed by atoms with Gasteiger partial charge >= 0.3 is 0 Å². The highest BCUT2D eigenvalue weighted by Gasteiger charge is 2.08. The maximum Gasteiger partial charge on any atom is 0.251 e. The van der Waals surface area contributed by atoms with Gasteiger partial charge < -0.3 is 10.6 Å². The molecule has 6 heteroatoms. The minimum atomic E-state index is -0.317. The maximum atomic E-state index is 13.3. The van der Waals surface area contributed by atoms with Gasteiger partial charge in [-0.3, -0.25) is 4.79 Å². The molecule has 0 aliphatic carbocycles. The van der Waals surface area contributed by atoms with Crippen LogP contribution in [0.15, 0.2) is 60.7 Å². The number of halogens is 1. The fraction of sp³-hybridized carbons (Fsp3) is 0.150. The standard InChI is InChI=1S/C20H19FN4O/c1-13(2)22-20(26)15-6-4-8-17(12-15)23-19-10-9-18(24-25-19)14-5-3-7-16(21)11-14/h3-13H,1-2H3,(H,22,26)(H,23,25). The first-order valence-corrected chi connectivity index (χ1v) is 8.29. The number of hydrogen-bond acceptors (Lipinski definition) is 4. The number of nitrogens with zero attached hydrogens (tertiary/aromatic N) is 2. The topological polar surface area (TPSA) is 66.9 Å². The van der Waals surface area contributed by atoms with Gasteiger partial charge in [0.1, 0.15) is 5.82 Å². The Kier molecular flexibility index (Phi) is 5.22. The van der Waals surface area contributed by atoms with Crippen LogP contribution in [0.2, 0.25) is 0 Å². The third-order valence-electron chi connectivity index (χ3n) is 3.60. The van der Waals surface area contributed by atoms with Gasteiger partial charge in [-0.05, 0) is 56.3 Å². The Morgan fingerprint density at radius 3 is 2.50 bits per heavy atom. The molecule has 132 valence electrons. The summed E-state index contributed by atoms with van der Waals surface area (Å²) in [6, 6.07) is 16.9. The van der Waals surface area contributed by atoms with Crippen LogP contribution in [0.4, 0.5) is 15.9 Å². The van der Waals surface area contributed by atoms with E-state index in [0.717, 1.165) is 5.69 Å². The molecule has 0 bridgehead atoms. The van der Waals surface area contributed by atoms with E-state index < -0.39 is 0 Å². The summed E-state index contributed by atoms with van der Waals surface area (Å²) in [6.45, 7) is 3.82. The van der Waals surface area contributed by atoms with E-state index in [9.17, 15) is 9.18 Å². The molecule has 0 saturated carbocycles. The Morgan fingerprint density at radius 2 is 1.81 bits per heavy atom. The number of amides is 1.